The minimum atomic E-state index is -1.43. The fraction of sp³-hybridized carbons (Fsp3) is 0.611. The van der Waals surface area contributed by atoms with Crippen LogP contribution in [0.3, 0.4) is 0 Å². The van der Waals surface area contributed by atoms with Gasteiger partial charge in [-0.25, -0.2) is 0 Å². The third kappa shape index (κ3) is 6.68. The standard InChI is InChI=1S/C36H48BrN3O7/c1-7-23(19-41)40-30-33(45)39(35(5,6)21-34(2,3)4)17-13-9-12-16-26(42)46-20-25(22-14-10-8-11-15-22)38-31(43)27-28(32(40)44)36(30)18-24(37)29(27)47-36/h8-11,13-15,18,23,25,27-30,41H,7,12,16-17,19-21H2,1-6H3,(H,38,43)/b13-9-/t23-,25-,27-,28+,29-,30-,36+/m0/s1. The van der Waals surface area contributed by atoms with Crippen molar-refractivity contribution in [2.45, 2.75) is 103 Å². The van der Waals surface area contributed by atoms with Crippen LogP contribution in [0, 0.1) is 17.3 Å². The molecule has 0 unspecified atom stereocenters. The van der Waals surface area contributed by atoms with Gasteiger partial charge in [0.2, 0.25) is 17.7 Å². The van der Waals surface area contributed by atoms with Crippen LogP contribution >= 0.6 is 15.9 Å². The average Bonchev–Trinajstić information content (AvgIpc) is 3.59. The van der Waals surface area contributed by atoms with E-state index in [1.807, 2.05) is 63.3 Å². The van der Waals surface area contributed by atoms with Gasteiger partial charge < -0.3 is 29.7 Å². The van der Waals surface area contributed by atoms with Crippen LogP contribution in [0.25, 0.3) is 0 Å². The molecule has 2 fully saturated rings. The van der Waals surface area contributed by atoms with Gasteiger partial charge in [0.25, 0.3) is 0 Å². The number of aliphatic hydroxyl groups is 1. The minimum absolute atomic E-state index is 0.0816. The van der Waals surface area contributed by atoms with Gasteiger partial charge >= 0.3 is 5.97 Å². The Morgan fingerprint density at radius 2 is 1.77 bits per heavy atom. The first-order valence-corrected chi connectivity index (χ1v) is 17.4. The Morgan fingerprint density at radius 1 is 1.06 bits per heavy atom. The summed E-state index contributed by atoms with van der Waals surface area (Å²) >= 11 is 3.62. The number of benzene rings is 1. The molecule has 4 aliphatic rings. The van der Waals surface area contributed by atoms with E-state index in [1.54, 1.807) is 11.0 Å². The molecule has 2 N–H and O–H groups in total. The van der Waals surface area contributed by atoms with E-state index in [1.165, 1.54) is 4.90 Å². The first-order valence-electron chi connectivity index (χ1n) is 16.6. The lowest BCUT2D eigenvalue weighted by Gasteiger charge is -2.46. The molecule has 7 atom stereocenters. The van der Waals surface area contributed by atoms with Crippen molar-refractivity contribution in [1.29, 1.82) is 0 Å². The van der Waals surface area contributed by atoms with E-state index in [2.05, 4.69) is 42.0 Å². The third-order valence-electron chi connectivity index (χ3n) is 9.83. The van der Waals surface area contributed by atoms with E-state index < -0.39 is 65.0 Å². The number of hydrogen-bond acceptors (Lipinski definition) is 7. The molecule has 5 bridgehead atoms. The monoisotopic (exact) mass is 713 g/mol. The molecular weight excluding hydrogens is 666 g/mol. The highest BCUT2D eigenvalue weighted by Crippen LogP contribution is 2.59. The number of fused-ring (bicyclic) bond motifs is 2. The van der Waals surface area contributed by atoms with Gasteiger partial charge in [-0.2, -0.15) is 0 Å². The van der Waals surface area contributed by atoms with Crippen LogP contribution in [0.5, 0.6) is 0 Å². The summed E-state index contributed by atoms with van der Waals surface area (Å²) in [4.78, 5) is 60.1. The number of nitrogens with one attached hydrogen (secondary N) is 1. The Balaban J connectivity index is 1.65. The zero-order valence-corrected chi connectivity index (χ0v) is 29.8. The number of hydrogen-bond donors (Lipinski definition) is 2. The summed E-state index contributed by atoms with van der Waals surface area (Å²) in [6.07, 6.45) is 6.39. The minimum Gasteiger partial charge on any atom is -0.463 e. The number of esters is 1. The lowest BCUT2D eigenvalue weighted by molar-refractivity contribution is -0.154. The van der Waals surface area contributed by atoms with Gasteiger partial charge in [-0.3, -0.25) is 19.2 Å². The molecule has 0 saturated carbocycles. The normalized spacial score (nSPS) is 31.7. The topological polar surface area (TPSA) is 125 Å². The zero-order chi connectivity index (χ0) is 34.3. The Labute approximate surface area is 286 Å². The molecular formula is C36H48BrN3O7. The maximum Gasteiger partial charge on any atom is 0.306 e. The van der Waals surface area contributed by atoms with Gasteiger partial charge in [0.1, 0.15) is 24.4 Å². The fourth-order valence-corrected chi connectivity index (χ4v) is 8.88. The summed E-state index contributed by atoms with van der Waals surface area (Å²) in [5.74, 6) is -3.51. The molecule has 0 aromatic heterocycles. The van der Waals surface area contributed by atoms with Gasteiger partial charge in [-0.1, -0.05) is 86.1 Å². The summed E-state index contributed by atoms with van der Waals surface area (Å²) in [6.45, 7) is 12.1. The fourth-order valence-electron chi connectivity index (χ4n) is 8.14. The van der Waals surface area contributed by atoms with Gasteiger partial charge in [-0.05, 0) is 50.2 Å². The number of allylic oxidation sites excluding steroid dienone is 1. The van der Waals surface area contributed by atoms with Crippen molar-refractivity contribution in [2.75, 3.05) is 19.8 Å². The maximum atomic E-state index is 15.1. The molecule has 0 aliphatic carbocycles. The van der Waals surface area contributed by atoms with Crippen LogP contribution in [-0.4, -0.2) is 87.7 Å². The molecule has 11 heteroatoms. The van der Waals surface area contributed by atoms with Crippen molar-refractivity contribution < 1.29 is 33.8 Å². The molecule has 1 aromatic rings. The van der Waals surface area contributed by atoms with Crippen molar-refractivity contribution in [3.8, 4) is 0 Å². The predicted molar refractivity (Wildman–Crippen MR) is 180 cm³/mol. The van der Waals surface area contributed by atoms with Crippen LogP contribution in [0.1, 0.15) is 78.8 Å². The van der Waals surface area contributed by atoms with Crippen LogP contribution in [0.2, 0.25) is 0 Å². The summed E-state index contributed by atoms with van der Waals surface area (Å²) in [5, 5.41) is 13.6. The average molecular weight is 715 g/mol. The highest BCUT2D eigenvalue weighted by molar-refractivity contribution is 9.11. The number of rotatable bonds is 6. The molecule has 47 heavy (non-hydrogen) atoms. The quantitative estimate of drug-likeness (QED) is 0.330. The third-order valence-corrected chi connectivity index (χ3v) is 10.5. The summed E-state index contributed by atoms with van der Waals surface area (Å²) in [5.41, 5.74) is -1.46. The predicted octanol–water partition coefficient (Wildman–Crippen LogP) is 4.42. The lowest BCUT2D eigenvalue weighted by atomic mass is 9.73. The molecule has 2 saturated heterocycles. The number of carbonyl (C=O) groups excluding carboxylic acids is 4. The van der Waals surface area contributed by atoms with Crippen LogP contribution in [-0.2, 0) is 28.7 Å². The first kappa shape index (κ1) is 35.3. The number of ether oxygens (including phenoxy) is 2. The van der Waals surface area contributed by atoms with Gasteiger partial charge in [0, 0.05) is 23.0 Å². The Bertz CT molecular complexity index is 1430. The summed E-state index contributed by atoms with van der Waals surface area (Å²) in [6, 6.07) is 6.80. The Hall–Kier alpha value is -3.02. The highest BCUT2D eigenvalue weighted by atomic mass is 79.9. The molecule has 5 rings (SSSR count). The zero-order valence-electron chi connectivity index (χ0n) is 28.2. The van der Waals surface area contributed by atoms with E-state index in [0.29, 0.717) is 23.7 Å². The van der Waals surface area contributed by atoms with E-state index in [-0.39, 0.29) is 37.5 Å². The Kier molecular flexibility index (Phi) is 10.1. The number of aliphatic hydroxyl groups excluding tert-OH is 1. The smallest absolute Gasteiger partial charge is 0.306 e. The molecule has 1 aromatic carbocycles. The number of likely N-dealkylation sites (tertiary alicyclic amines) is 1. The second-order valence-corrected chi connectivity index (χ2v) is 15.9. The van der Waals surface area contributed by atoms with Crippen LogP contribution in [0.15, 0.2) is 53.0 Å². The van der Waals surface area contributed by atoms with Crippen molar-refractivity contribution in [3.63, 3.8) is 0 Å². The molecule has 256 valence electrons. The number of nitrogens with zero attached hydrogens (tertiary/aromatic N) is 2. The van der Waals surface area contributed by atoms with Crippen molar-refractivity contribution in [3.05, 3.63) is 58.6 Å². The molecule has 10 nitrogen and oxygen atoms in total. The molecule has 3 amide bonds. The first-order chi connectivity index (χ1) is 22.1. The van der Waals surface area contributed by atoms with E-state index in [4.69, 9.17) is 9.47 Å². The van der Waals surface area contributed by atoms with Crippen molar-refractivity contribution >= 4 is 39.6 Å². The van der Waals surface area contributed by atoms with Crippen LogP contribution in [0.4, 0.5) is 0 Å². The van der Waals surface area contributed by atoms with Gasteiger partial charge in [0.15, 0.2) is 0 Å². The number of halogens is 1. The van der Waals surface area contributed by atoms with Gasteiger partial charge in [0.05, 0.1) is 30.5 Å². The Morgan fingerprint density at radius 3 is 2.40 bits per heavy atom. The maximum absolute atomic E-state index is 15.1. The second kappa shape index (κ2) is 13.5. The SMILES string of the molecule is CC[C@@H](CO)N1C(=O)[C@H]2[C@@H]3C(=O)N[C@H](c4ccccc4)COC(=O)CC/C=C\CN(C(C)(C)CC(C)(C)C)C(=O)[C@H]1[C@@]21C=C(Br)[C@@H]3O1. The van der Waals surface area contributed by atoms with E-state index in [9.17, 15) is 19.5 Å². The van der Waals surface area contributed by atoms with Crippen LogP contribution < -0.4 is 5.32 Å². The highest BCUT2D eigenvalue weighted by Gasteiger charge is 2.75. The molecule has 4 aliphatic heterocycles. The van der Waals surface area contributed by atoms with Gasteiger partial charge in [-0.15, -0.1) is 0 Å². The van der Waals surface area contributed by atoms with Crippen molar-refractivity contribution in [2.24, 2.45) is 17.3 Å². The van der Waals surface area contributed by atoms with E-state index >= 15 is 4.79 Å². The molecule has 4 heterocycles. The van der Waals surface area contributed by atoms with Crippen molar-refractivity contribution in [1.82, 2.24) is 15.1 Å². The summed E-state index contributed by atoms with van der Waals surface area (Å²) in [7, 11) is 0. The largest absolute Gasteiger partial charge is 0.463 e. The number of carbonyl (C=O) groups is 4. The number of cyclic esters (lactones) is 1. The number of amides is 3. The van der Waals surface area contributed by atoms with E-state index in [0.717, 1.165) is 5.56 Å². The molecule has 0 radical (unpaired) electrons. The summed E-state index contributed by atoms with van der Waals surface area (Å²) < 4.78 is 12.9. The molecule has 1 spiro atoms. The second-order valence-electron chi connectivity index (χ2n) is 15.0. The lowest BCUT2D eigenvalue weighted by Crippen LogP contribution is -2.62.